The fourth-order valence-corrected chi connectivity index (χ4v) is 3.48. The summed E-state index contributed by atoms with van der Waals surface area (Å²) in [5.41, 5.74) is 1.42. The lowest BCUT2D eigenvalue weighted by Crippen LogP contribution is -2.19. The summed E-state index contributed by atoms with van der Waals surface area (Å²) < 4.78 is 0. The predicted octanol–water partition coefficient (Wildman–Crippen LogP) is 2.85. The van der Waals surface area contributed by atoms with Gasteiger partial charge < -0.3 is 5.32 Å². The molecule has 1 aromatic carbocycles. The third kappa shape index (κ3) is 1.06. The number of rotatable bonds is 1. The van der Waals surface area contributed by atoms with Crippen LogP contribution in [0.5, 0.6) is 0 Å². The van der Waals surface area contributed by atoms with Crippen molar-refractivity contribution in [1.29, 1.82) is 0 Å². The molecule has 3 heteroatoms. The molecule has 14 heavy (non-hydrogen) atoms. The van der Waals surface area contributed by atoms with E-state index in [-0.39, 0.29) is 5.41 Å². The lowest BCUT2D eigenvalue weighted by molar-refractivity contribution is 0.676. The van der Waals surface area contributed by atoms with Crippen molar-refractivity contribution in [1.82, 2.24) is 5.32 Å². The average Bonchev–Trinajstić information content (AvgIpc) is 2.69. The summed E-state index contributed by atoms with van der Waals surface area (Å²) in [6, 6.07) is 5.78. The first-order valence-corrected chi connectivity index (χ1v) is 5.65. The minimum absolute atomic E-state index is 0.259. The number of hydrogen-bond acceptors (Lipinski definition) is 1. The first-order valence-electron chi connectivity index (χ1n) is 4.89. The maximum absolute atomic E-state index is 6.21. The summed E-state index contributed by atoms with van der Waals surface area (Å²) in [4.78, 5) is 0. The zero-order valence-corrected chi connectivity index (χ0v) is 9.20. The second kappa shape index (κ2) is 2.88. The molecular weight excluding hydrogens is 217 g/mol. The molecule has 0 bridgehead atoms. The molecule has 2 atom stereocenters. The highest BCUT2D eigenvalue weighted by Crippen LogP contribution is 2.59. The molecule has 0 unspecified atom stereocenters. The fraction of sp³-hybridized carbons (Fsp3) is 0.455. The second-order valence-electron chi connectivity index (χ2n) is 4.28. The summed E-state index contributed by atoms with van der Waals surface area (Å²) in [6.45, 7) is 2.14. The molecule has 0 radical (unpaired) electrons. The van der Waals surface area contributed by atoms with E-state index in [4.69, 9.17) is 23.2 Å². The quantitative estimate of drug-likeness (QED) is 0.779. The van der Waals surface area contributed by atoms with Gasteiger partial charge in [0.15, 0.2) is 0 Å². The summed E-state index contributed by atoms with van der Waals surface area (Å²) in [7, 11) is 0. The van der Waals surface area contributed by atoms with Crippen LogP contribution in [0.4, 0.5) is 0 Å². The molecule has 0 aromatic heterocycles. The lowest BCUT2D eigenvalue weighted by atomic mass is 9.95. The van der Waals surface area contributed by atoms with E-state index in [0.717, 1.165) is 29.1 Å². The van der Waals surface area contributed by atoms with Crippen LogP contribution in [0.3, 0.4) is 0 Å². The van der Waals surface area contributed by atoms with Crippen LogP contribution in [-0.2, 0) is 5.41 Å². The summed E-state index contributed by atoms with van der Waals surface area (Å²) in [5.74, 6) is 0.750. The highest BCUT2D eigenvalue weighted by molar-refractivity contribution is 6.36. The predicted molar refractivity (Wildman–Crippen MR) is 59.1 cm³/mol. The van der Waals surface area contributed by atoms with Crippen LogP contribution in [0.2, 0.25) is 10.0 Å². The highest BCUT2D eigenvalue weighted by Gasteiger charge is 2.59. The lowest BCUT2D eigenvalue weighted by Gasteiger charge is -2.15. The molecule has 74 valence electrons. The van der Waals surface area contributed by atoms with Gasteiger partial charge in [-0.2, -0.15) is 0 Å². The van der Waals surface area contributed by atoms with Crippen molar-refractivity contribution >= 4 is 23.2 Å². The minimum Gasteiger partial charge on any atom is -0.316 e. The molecule has 3 rings (SSSR count). The molecule has 1 saturated carbocycles. The molecule has 0 amide bonds. The monoisotopic (exact) mass is 227 g/mol. The molecule has 1 aromatic rings. The van der Waals surface area contributed by atoms with Crippen LogP contribution in [0, 0.1) is 5.92 Å². The summed E-state index contributed by atoms with van der Waals surface area (Å²) in [6.07, 6.45) is 1.24. The molecule has 1 aliphatic carbocycles. The van der Waals surface area contributed by atoms with E-state index in [9.17, 15) is 0 Å². The second-order valence-corrected chi connectivity index (χ2v) is 5.10. The summed E-state index contributed by atoms with van der Waals surface area (Å²) in [5, 5.41) is 5.04. The Balaban J connectivity index is 2.12. The van der Waals surface area contributed by atoms with E-state index in [1.54, 1.807) is 0 Å². The third-order valence-corrected chi connectivity index (χ3v) is 4.15. The van der Waals surface area contributed by atoms with Crippen LogP contribution >= 0.6 is 23.2 Å². The first-order chi connectivity index (χ1) is 6.74. The molecule has 1 heterocycles. The summed E-state index contributed by atoms with van der Waals surface area (Å²) >= 11 is 12.4. The van der Waals surface area contributed by atoms with Crippen molar-refractivity contribution in [2.75, 3.05) is 13.1 Å². The van der Waals surface area contributed by atoms with Gasteiger partial charge in [0.25, 0.3) is 0 Å². The van der Waals surface area contributed by atoms with Crippen molar-refractivity contribution in [2.45, 2.75) is 11.8 Å². The largest absolute Gasteiger partial charge is 0.316 e. The van der Waals surface area contributed by atoms with Crippen molar-refractivity contribution in [2.24, 2.45) is 5.92 Å². The molecular formula is C11H11Cl2N. The Morgan fingerprint density at radius 2 is 2.00 bits per heavy atom. The Bertz CT molecular complexity index is 371. The van der Waals surface area contributed by atoms with Crippen molar-refractivity contribution in [3.63, 3.8) is 0 Å². The van der Waals surface area contributed by atoms with Crippen molar-refractivity contribution in [3.8, 4) is 0 Å². The van der Waals surface area contributed by atoms with Crippen LogP contribution < -0.4 is 5.32 Å². The van der Waals surface area contributed by atoms with E-state index >= 15 is 0 Å². The molecule has 1 nitrogen and oxygen atoms in total. The molecule has 1 aliphatic heterocycles. The van der Waals surface area contributed by atoms with Crippen molar-refractivity contribution < 1.29 is 0 Å². The Labute approximate surface area is 93.4 Å². The van der Waals surface area contributed by atoms with E-state index < -0.39 is 0 Å². The molecule has 2 fully saturated rings. The van der Waals surface area contributed by atoms with Gasteiger partial charge in [-0.1, -0.05) is 29.3 Å². The van der Waals surface area contributed by atoms with Gasteiger partial charge in [-0.05, 0) is 36.6 Å². The van der Waals surface area contributed by atoms with Gasteiger partial charge in [0.2, 0.25) is 0 Å². The Morgan fingerprint density at radius 1 is 1.29 bits per heavy atom. The van der Waals surface area contributed by atoms with Gasteiger partial charge in [0.05, 0.1) is 0 Å². The number of halogens is 2. The number of nitrogens with one attached hydrogen (secondary N) is 1. The molecule has 0 spiro atoms. The molecule has 2 aliphatic rings. The first kappa shape index (κ1) is 9.02. The van der Waals surface area contributed by atoms with Crippen molar-refractivity contribution in [3.05, 3.63) is 33.8 Å². The molecule has 1 saturated heterocycles. The SMILES string of the molecule is Clc1cccc(Cl)c1[C@]12CNC[C@H]1C2. The number of hydrogen-bond donors (Lipinski definition) is 1. The van der Waals surface area contributed by atoms with Gasteiger partial charge in [0, 0.05) is 22.0 Å². The third-order valence-electron chi connectivity index (χ3n) is 3.52. The van der Waals surface area contributed by atoms with Gasteiger partial charge in [-0.15, -0.1) is 0 Å². The number of fused-ring (bicyclic) bond motifs is 1. The highest BCUT2D eigenvalue weighted by atomic mass is 35.5. The average molecular weight is 228 g/mol. The molecule has 1 N–H and O–H groups in total. The van der Waals surface area contributed by atoms with Crippen LogP contribution in [0.1, 0.15) is 12.0 Å². The fourth-order valence-electron chi connectivity index (χ4n) is 2.70. The van der Waals surface area contributed by atoms with Gasteiger partial charge >= 0.3 is 0 Å². The van der Waals surface area contributed by atoms with Gasteiger partial charge in [0.1, 0.15) is 0 Å². The van der Waals surface area contributed by atoms with Crippen LogP contribution in [-0.4, -0.2) is 13.1 Å². The van der Waals surface area contributed by atoms with E-state index in [2.05, 4.69) is 5.32 Å². The minimum atomic E-state index is 0.259. The maximum atomic E-state index is 6.21. The number of piperidine rings is 1. The number of benzene rings is 1. The van der Waals surface area contributed by atoms with E-state index in [1.807, 2.05) is 18.2 Å². The zero-order valence-electron chi connectivity index (χ0n) is 7.69. The topological polar surface area (TPSA) is 12.0 Å². The van der Waals surface area contributed by atoms with E-state index in [1.165, 1.54) is 12.0 Å². The smallest absolute Gasteiger partial charge is 0.0459 e. The standard InChI is InChI=1S/C11H11Cl2N/c12-8-2-1-3-9(13)10(8)11-4-7(11)5-14-6-11/h1-3,7,14H,4-6H2/t7-,11-/m1/s1. The Morgan fingerprint density at radius 3 is 2.50 bits per heavy atom. The zero-order chi connectivity index (χ0) is 9.76. The normalized spacial score (nSPS) is 34.3. The van der Waals surface area contributed by atoms with Gasteiger partial charge in [-0.25, -0.2) is 0 Å². The van der Waals surface area contributed by atoms with Crippen LogP contribution in [0.15, 0.2) is 18.2 Å². The Hall–Kier alpha value is -0.240. The van der Waals surface area contributed by atoms with Gasteiger partial charge in [-0.3, -0.25) is 0 Å². The Kier molecular flexibility index (Phi) is 1.85. The van der Waals surface area contributed by atoms with E-state index in [0.29, 0.717) is 0 Å². The maximum Gasteiger partial charge on any atom is 0.0459 e. The van der Waals surface area contributed by atoms with Crippen LogP contribution in [0.25, 0.3) is 0 Å².